The Balaban J connectivity index is 1.89. The number of thiophene rings is 1. The fourth-order valence-electron chi connectivity index (χ4n) is 3.06. The Morgan fingerprint density at radius 2 is 1.91 bits per heavy atom. The van der Waals surface area contributed by atoms with Gasteiger partial charge in [-0.1, -0.05) is 54.5 Å². The van der Waals surface area contributed by atoms with E-state index in [2.05, 4.69) is 0 Å². The van der Waals surface area contributed by atoms with Crippen LogP contribution in [0.2, 0.25) is 0 Å². The van der Waals surface area contributed by atoms with Gasteiger partial charge < -0.3 is 4.90 Å². The van der Waals surface area contributed by atoms with Crippen LogP contribution in [0.3, 0.4) is 0 Å². The standard InChI is InChI=1S/C17H18N2O3S/c20-17(15-10-11-16(23-15)19(21)22)18-12-6-2-5-9-14(18)13-7-3-1-4-8-13/h1,3-4,7-8,10-11,14H,2,5-6,9,12H2. The van der Waals surface area contributed by atoms with Gasteiger partial charge in [0.25, 0.3) is 5.91 Å². The van der Waals surface area contributed by atoms with Crippen LogP contribution in [0, 0.1) is 10.1 Å². The van der Waals surface area contributed by atoms with Crippen LogP contribution in [0.1, 0.15) is 47.0 Å². The van der Waals surface area contributed by atoms with Gasteiger partial charge in [0.1, 0.15) is 0 Å². The van der Waals surface area contributed by atoms with Crippen molar-refractivity contribution in [2.75, 3.05) is 6.54 Å². The molecule has 2 aromatic rings. The van der Waals surface area contributed by atoms with E-state index in [-0.39, 0.29) is 17.0 Å². The van der Waals surface area contributed by atoms with E-state index in [4.69, 9.17) is 0 Å². The summed E-state index contributed by atoms with van der Waals surface area (Å²) in [6.07, 6.45) is 4.11. The van der Waals surface area contributed by atoms with Crippen molar-refractivity contribution >= 4 is 22.2 Å². The zero-order valence-electron chi connectivity index (χ0n) is 12.7. The molecule has 1 fully saturated rings. The van der Waals surface area contributed by atoms with Crippen molar-refractivity contribution in [3.63, 3.8) is 0 Å². The van der Waals surface area contributed by atoms with Crippen LogP contribution in [0.15, 0.2) is 42.5 Å². The second-order valence-corrected chi connectivity index (χ2v) is 6.73. The summed E-state index contributed by atoms with van der Waals surface area (Å²) < 4.78 is 0. The molecule has 0 spiro atoms. The first-order valence-corrected chi connectivity index (χ1v) is 8.58. The van der Waals surface area contributed by atoms with E-state index in [1.54, 1.807) is 6.07 Å². The van der Waals surface area contributed by atoms with Gasteiger partial charge in [-0.15, -0.1) is 0 Å². The number of nitro groups is 1. The Hall–Kier alpha value is -2.21. The van der Waals surface area contributed by atoms with Crippen molar-refractivity contribution in [2.24, 2.45) is 0 Å². The minimum absolute atomic E-state index is 0.0134. The molecule has 0 aliphatic carbocycles. The maximum absolute atomic E-state index is 12.9. The molecular formula is C17H18N2O3S. The Morgan fingerprint density at radius 1 is 1.13 bits per heavy atom. The molecule has 1 saturated heterocycles. The number of hydrogen-bond acceptors (Lipinski definition) is 4. The Kier molecular flexibility index (Phi) is 4.71. The molecule has 1 unspecified atom stereocenters. The Morgan fingerprint density at radius 3 is 2.61 bits per heavy atom. The molecule has 0 radical (unpaired) electrons. The summed E-state index contributed by atoms with van der Waals surface area (Å²) in [5.41, 5.74) is 1.13. The molecule has 3 rings (SSSR count). The van der Waals surface area contributed by atoms with Crippen molar-refractivity contribution in [3.8, 4) is 0 Å². The summed E-state index contributed by atoms with van der Waals surface area (Å²) in [6.45, 7) is 0.699. The Labute approximate surface area is 138 Å². The van der Waals surface area contributed by atoms with E-state index >= 15 is 0 Å². The van der Waals surface area contributed by atoms with E-state index in [0.717, 1.165) is 42.6 Å². The largest absolute Gasteiger partial charge is 0.331 e. The third-order valence-electron chi connectivity index (χ3n) is 4.18. The van der Waals surface area contributed by atoms with E-state index in [1.807, 2.05) is 35.2 Å². The number of rotatable bonds is 3. The summed E-state index contributed by atoms with van der Waals surface area (Å²) >= 11 is 0.956. The van der Waals surface area contributed by atoms with Gasteiger partial charge in [-0.25, -0.2) is 0 Å². The normalized spacial score (nSPS) is 18.4. The van der Waals surface area contributed by atoms with Gasteiger partial charge in [-0.05, 0) is 24.5 Å². The molecule has 5 nitrogen and oxygen atoms in total. The van der Waals surface area contributed by atoms with E-state index in [0.29, 0.717) is 11.4 Å². The molecule has 2 heterocycles. The van der Waals surface area contributed by atoms with Gasteiger partial charge in [0.15, 0.2) is 0 Å². The molecule has 1 aliphatic heterocycles. The first kappa shape index (κ1) is 15.7. The molecule has 6 heteroatoms. The fraction of sp³-hybridized carbons (Fsp3) is 0.353. The highest BCUT2D eigenvalue weighted by molar-refractivity contribution is 7.17. The third-order valence-corrected chi connectivity index (χ3v) is 5.21. The van der Waals surface area contributed by atoms with Gasteiger partial charge in [0.2, 0.25) is 0 Å². The number of carbonyl (C=O) groups excluding carboxylic acids is 1. The number of amides is 1. The zero-order chi connectivity index (χ0) is 16.2. The molecule has 1 amide bonds. The van der Waals surface area contributed by atoms with Crippen LogP contribution in [0.4, 0.5) is 5.00 Å². The van der Waals surface area contributed by atoms with E-state index in [1.165, 1.54) is 6.07 Å². The SMILES string of the molecule is O=C(c1ccc([N+](=O)[O-])s1)N1CCCCCC1c1ccccc1. The quantitative estimate of drug-likeness (QED) is 0.618. The molecule has 0 saturated carbocycles. The van der Waals surface area contributed by atoms with E-state index < -0.39 is 4.92 Å². The highest BCUT2D eigenvalue weighted by Gasteiger charge is 2.29. The lowest BCUT2D eigenvalue weighted by Gasteiger charge is -2.30. The predicted octanol–water partition coefficient (Wildman–Crippen LogP) is 4.41. The van der Waals surface area contributed by atoms with Crippen molar-refractivity contribution in [1.82, 2.24) is 4.90 Å². The number of nitrogens with zero attached hydrogens (tertiary/aromatic N) is 2. The lowest BCUT2D eigenvalue weighted by Crippen LogP contribution is -2.34. The van der Waals surface area contributed by atoms with Crippen LogP contribution >= 0.6 is 11.3 Å². The molecule has 1 atom stereocenters. The lowest BCUT2D eigenvalue weighted by molar-refractivity contribution is -0.380. The van der Waals surface area contributed by atoms with Crippen LogP contribution in [0.5, 0.6) is 0 Å². The minimum Gasteiger partial charge on any atom is -0.331 e. The summed E-state index contributed by atoms with van der Waals surface area (Å²) in [5, 5.41) is 10.9. The molecule has 120 valence electrons. The molecule has 0 bridgehead atoms. The second-order valence-electron chi connectivity index (χ2n) is 5.67. The van der Waals surface area contributed by atoms with Crippen LogP contribution in [0.25, 0.3) is 0 Å². The Bertz CT molecular complexity index is 699. The molecular weight excluding hydrogens is 312 g/mol. The number of hydrogen-bond donors (Lipinski definition) is 0. The topological polar surface area (TPSA) is 63.4 Å². The summed E-state index contributed by atoms with van der Waals surface area (Å²) in [5.74, 6) is -0.0983. The average molecular weight is 330 g/mol. The zero-order valence-corrected chi connectivity index (χ0v) is 13.5. The molecule has 1 aromatic heterocycles. The van der Waals surface area contributed by atoms with Crippen molar-refractivity contribution in [2.45, 2.75) is 31.7 Å². The van der Waals surface area contributed by atoms with Crippen LogP contribution < -0.4 is 0 Å². The molecule has 23 heavy (non-hydrogen) atoms. The van der Waals surface area contributed by atoms with Gasteiger partial charge in [0.05, 0.1) is 15.8 Å². The lowest BCUT2D eigenvalue weighted by atomic mass is 10.0. The fourth-order valence-corrected chi connectivity index (χ4v) is 3.83. The average Bonchev–Trinajstić information content (AvgIpc) is 2.94. The molecule has 0 N–H and O–H groups in total. The van der Waals surface area contributed by atoms with Crippen molar-refractivity contribution in [1.29, 1.82) is 0 Å². The highest BCUT2D eigenvalue weighted by atomic mass is 32.1. The maximum atomic E-state index is 12.9. The van der Waals surface area contributed by atoms with Crippen molar-refractivity contribution < 1.29 is 9.72 Å². The smallest absolute Gasteiger partial charge is 0.324 e. The van der Waals surface area contributed by atoms with Gasteiger partial charge in [-0.2, -0.15) is 0 Å². The van der Waals surface area contributed by atoms with Gasteiger partial charge in [-0.3, -0.25) is 14.9 Å². The maximum Gasteiger partial charge on any atom is 0.324 e. The van der Waals surface area contributed by atoms with Crippen LogP contribution in [-0.4, -0.2) is 22.3 Å². The molecule has 1 aromatic carbocycles. The molecule has 1 aliphatic rings. The second kappa shape index (κ2) is 6.91. The first-order valence-electron chi connectivity index (χ1n) is 7.77. The number of carbonyl (C=O) groups is 1. The van der Waals surface area contributed by atoms with Crippen LogP contribution in [-0.2, 0) is 0 Å². The van der Waals surface area contributed by atoms with Gasteiger partial charge in [0, 0.05) is 12.6 Å². The first-order chi connectivity index (χ1) is 11.2. The third kappa shape index (κ3) is 3.42. The van der Waals surface area contributed by atoms with Crippen molar-refractivity contribution in [3.05, 3.63) is 63.0 Å². The highest BCUT2D eigenvalue weighted by Crippen LogP contribution is 2.33. The summed E-state index contributed by atoms with van der Waals surface area (Å²) in [6, 6.07) is 13.1. The predicted molar refractivity (Wildman–Crippen MR) is 89.7 cm³/mol. The number of likely N-dealkylation sites (tertiary alicyclic amines) is 1. The summed E-state index contributed by atoms with van der Waals surface area (Å²) in [4.78, 5) is 25.6. The summed E-state index contributed by atoms with van der Waals surface area (Å²) in [7, 11) is 0. The van der Waals surface area contributed by atoms with E-state index in [9.17, 15) is 14.9 Å². The van der Waals surface area contributed by atoms with Gasteiger partial charge >= 0.3 is 5.00 Å². The number of benzene rings is 1. The monoisotopic (exact) mass is 330 g/mol. The minimum atomic E-state index is -0.446.